The summed E-state index contributed by atoms with van der Waals surface area (Å²) >= 11 is 0. The van der Waals surface area contributed by atoms with Gasteiger partial charge in [0, 0.05) is 11.6 Å². The van der Waals surface area contributed by atoms with Crippen LogP contribution in [0.5, 0.6) is 0 Å². The number of nitrogens with zero attached hydrogens (tertiary/aromatic N) is 1. The highest BCUT2D eigenvalue weighted by molar-refractivity contribution is 5.98. The number of carbonyl (C=O) groups is 2. The molecule has 0 spiro atoms. The number of para-hydroxylation sites is 1. The number of Topliss-reactive ketones (excluding diaryl/α,β-unsaturated/α-hetero) is 1. The Morgan fingerprint density at radius 1 is 1.05 bits per heavy atom. The standard InChI is InChI=1S/C18H23NO3/c1-12(20)18(5,6)14-11-19(16(21)22-17(2,3)4)15-10-8-7-9-13(14)15/h7-11H,1-6H3. The first-order valence-electron chi connectivity index (χ1n) is 7.39. The highest BCUT2D eigenvalue weighted by Gasteiger charge is 2.31. The molecule has 0 saturated heterocycles. The summed E-state index contributed by atoms with van der Waals surface area (Å²) in [5.74, 6) is 0.0552. The molecule has 0 radical (unpaired) electrons. The number of hydrogen-bond acceptors (Lipinski definition) is 3. The summed E-state index contributed by atoms with van der Waals surface area (Å²) in [4.78, 5) is 24.4. The molecule has 22 heavy (non-hydrogen) atoms. The fourth-order valence-electron chi connectivity index (χ4n) is 2.33. The van der Waals surface area contributed by atoms with Gasteiger partial charge in [0.15, 0.2) is 0 Å². The van der Waals surface area contributed by atoms with Crippen molar-refractivity contribution in [3.8, 4) is 0 Å². The Bertz CT molecular complexity index is 732. The highest BCUT2D eigenvalue weighted by atomic mass is 16.6. The molecule has 0 aliphatic carbocycles. The van der Waals surface area contributed by atoms with Crippen LogP contribution in [0, 0.1) is 0 Å². The predicted molar refractivity (Wildman–Crippen MR) is 87.3 cm³/mol. The smallest absolute Gasteiger partial charge is 0.419 e. The number of ketones is 1. The lowest BCUT2D eigenvalue weighted by atomic mass is 9.81. The van der Waals surface area contributed by atoms with Crippen molar-refractivity contribution in [1.29, 1.82) is 0 Å². The largest absolute Gasteiger partial charge is 0.443 e. The van der Waals surface area contributed by atoms with E-state index in [4.69, 9.17) is 4.74 Å². The topological polar surface area (TPSA) is 48.3 Å². The van der Waals surface area contributed by atoms with Crippen LogP contribution in [0.4, 0.5) is 4.79 Å². The molecule has 118 valence electrons. The minimum atomic E-state index is -0.660. The second kappa shape index (κ2) is 5.27. The second-order valence-corrected chi connectivity index (χ2v) is 7.09. The van der Waals surface area contributed by atoms with E-state index in [2.05, 4.69) is 0 Å². The van der Waals surface area contributed by atoms with Crippen LogP contribution in [-0.2, 0) is 14.9 Å². The highest BCUT2D eigenvalue weighted by Crippen LogP contribution is 2.33. The van der Waals surface area contributed by atoms with Crippen LogP contribution < -0.4 is 0 Å². The van der Waals surface area contributed by atoms with E-state index < -0.39 is 17.1 Å². The molecular formula is C18H23NO3. The van der Waals surface area contributed by atoms with E-state index in [1.54, 1.807) is 13.1 Å². The summed E-state index contributed by atoms with van der Waals surface area (Å²) in [6, 6.07) is 7.56. The van der Waals surface area contributed by atoms with Crippen molar-refractivity contribution in [2.45, 2.75) is 52.6 Å². The molecule has 0 unspecified atom stereocenters. The predicted octanol–water partition coefficient (Wildman–Crippen LogP) is 4.29. The maximum Gasteiger partial charge on any atom is 0.419 e. The van der Waals surface area contributed by atoms with Gasteiger partial charge in [0.2, 0.25) is 0 Å². The molecule has 1 aromatic carbocycles. The summed E-state index contributed by atoms with van der Waals surface area (Å²) < 4.78 is 6.94. The maximum absolute atomic E-state index is 12.4. The van der Waals surface area contributed by atoms with Crippen LogP contribution in [0.3, 0.4) is 0 Å². The van der Waals surface area contributed by atoms with Gasteiger partial charge in [-0.2, -0.15) is 0 Å². The minimum absolute atomic E-state index is 0.0552. The summed E-state index contributed by atoms with van der Waals surface area (Å²) in [6.07, 6.45) is 1.29. The zero-order valence-corrected chi connectivity index (χ0v) is 14.1. The molecule has 1 aromatic heterocycles. The van der Waals surface area contributed by atoms with Crippen LogP contribution >= 0.6 is 0 Å². The number of benzene rings is 1. The molecule has 0 aliphatic rings. The fraction of sp³-hybridized carbons (Fsp3) is 0.444. The van der Waals surface area contributed by atoms with Gasteiger partial charge in [-0.3, -0.25) is 9.36 Å². The van der Waals surface area contributed by atoms with E-state index in [1.165, 1.54) is 4.57 Å². The first-order valence-corrected chi connectivity index (χ1v) is 7.39. The Hall–Kier alpha value is -2.10. The van der Waals surface area contributed by atoms with Crippen LogP contribution in [-0.4, -0.2) is 22.0 Å². The number of carbonyl (C=O) groups excluding carboxylic acids is 2. The molecule has 0 bridgehead atoms. The fourth-order valence-corrected chi connectivity index (χ4v) is 2.33. The normalized spacial score (nSPS) is 12.5. The zero-order valence-electron chi connectivity index (χ0n) is 14.1. The average molecular weight is 301 g/mol. The molecule has 1 heterocycles. The van der Waals surface area contributed by atoms with E-state index in [-0.39, 0.29) is 5.78 Å². The van der Waals surface area contributed by atoms with Crippen molar-refractivity contribution in [2.24, 2.45) is 0 Å². The molecule has 4 nitrogen and oxygen atoms in total. The summed E-state index contributed by atoms with van der Waals surface area (Å²) in [5, 5.41) is 0.897. The van der Waals surface area contributed by atoms with Gasteiger partial charge in [-0.1, -0.05) is 18.2 Å². The van der Waals surface area contributed by atoms with Crippen LogP contribution in [0.25, 0.3) is 10.9 Å². The van der Waals surface area contributed by atoms with Gasteiger partial charge in [0.25, 0.3) is 0 Å². The van der Waals surface area contributed by atoms with Crippen molar-refractivity contribution >= 4 is 22.8 Å². The van der Waals surface area contributed by atoms with E-state index >= 15 is 0 Å². The van der Waals surface area contributed by atoms with E-state index in [9.17, 15) is 9.59 Å². The van der Waals surface area contributed by atoms with Crippen LogP contribution in [0.15, 0.2) is 30.5 Å². The van der Waals surface area contributed by atoms with Crippen molar-refractivity contribution < 1.29 is 14.3 Å². The van der Waals surface area contributed by atoms with Crippen molar-refractivity contribution in [1.82, 2.24) is 4.57 Å². The molecule has 0 N–H and O–H groups in total. The van der Waals surface area contributed by atoms with Gasteiger partial charge in [-0.15, -0.1) is 0 Å². The Morgan fingerprint density at radius 2 is 1.64 bits per heavy atom. The summed E-state index contributed by atoms with van der Waals surface area (Å²) in [5.41, 5.74) is 0.355. The first kappa shape index (κ1) is 16.3. The molecule has 0 amide bonds. The van der Waals surface area contributed by atoms with Gasteiger partial charge in [-0.25, -0.2) is 4.79 Å². The van der Waals surface area contributed by atoms with Crippen LogP contribution in [0.1, 0.15) is 47.1 Å². The van der Waals surface area contributed by atoms with Gasteiger partial charge in [0.1, 0.15) is 11.4 Å². The lowest BCUT2D eigenvalue weighted by Gasteiger charge is -2.21. The third kappa shape index (κ3) is 2.91. The maximum atomic E-state index is 12.4. The minimum Gasteiger partial charge on any atom is -0.443 e. The second-order valence-electron chi connectivity index (χ2n) is 7.09. The van der Waals surface area contributed by atoms with Gasteiger partial charge in [-0.05, 0) is 53.2 Å². The van der Waals surface area contributed by atoms with Crippen molar-refractivity contribution in [3.63, 3.8) is 0 Å². The Balaban J connectivity index is 2.63. The molecule has 4 heteroatoms. The molecule has 0 atom stereocenters. The van der Waals surface area contributed by atoms with Crippen molar-refractivity contribution in [3.05, 3.63) is 36.0 Å². The lowest BCUT2D eigenvalue weighted by molar-refractivity contribution is -0.121. The van der Waals surface area contributed by atoms with Gasteiger partial charge >= 0.3 is 6.09 Å². The monoisotopic (exact) mass is 301 g/mol. The number of aromatic nitrogens is 1. The summed E-state index contributed by atoms with van der Waals surface area (Å²) in [6.45, 7) is 10.8. The Morgan fingerprint density at radius 3 is 2.18 bits per heavy atom. The third-order valence-electron chi connectivity index (χ3n) is 3.86. The molecule has 0 fully saturated rings. The quantitative estimate of drug-likeness (QED) is 0.831. The lowest BCUT2D eigenvalue weighted by Crippen LogP contribution is -2.28. The van der Waals surface area contributed by atoms with Gasteiger partial charge < -0.3 is 4.74 Å². The third-order valence-corrected chi connectivity index (χ3v) is 3.86. The SMILES string of the molecule is CC(=O)C(C)(C)c1cn(C(=O)OC(C)(C)C)c2ccccc12. The summed E-state index contributed by atoms with van der Waals surface area (Å²) in [7, 11) is 0. The first-order chi connectivity index (χ1) is 10.0. The number of fused-ring (bicyclic) bond motifs is 1. The average Bonchev–Trinajstić information content (AvgIpc) is 2.76. The molecular weight excluding hydrogens is 278 g/mol. The van der Waals surface area contributed by atoms with E-state index in [1.807, 2.05) is 58.9 Å². The number of hydrogen-bond donors (Lipinski definition) is 0. The number of rotatable bonds is 2. The molecule has 0 aliphatic heterocycles. The molecule has 2 rings (SSSR count). The molecule has 2 aromatic rings. The molecule has 0 saturated carbocycles. The van der Waals surface area contributed by atoms with Crippen LogP contribution in [0.2, 0.25) is 0 Å². The van der Waals surface area contributed by atoms with Gasteiger partial charge in [0.05, 0.1) is 10.9 Å². The van der Waals surface area contributed by atoms with E-state index in [0.717, 1.165) is 16.5 Å². The Labute approximate surface area is 131 Å². The zero-order chi connectivity index (χ0) is 16.7. The van der Waals surface area contributed by atoms with Crippen molar-refractivity contribution in [2.75, 3.05) is 0 Å². The Kier molecular flexibility index (Phi) is 3.90. The number of ether oxygens (including phenoxy) is 1. The van der Waals surface area contributed by atoms with E-state index in [0.29, 0.717) is 0 Å².